The minimum absolute atomic E-state index is 0.0216. The average molecular weight is 437 g/mol. The largest absolute Gasteiger partial charge is 0.312 e. The van der Waals surface area contributed by atoms with Gasteiger partial charge in [-0.05, 0) is 66.3 Å². The molecule has 1 aromatic heterocycles. The number of aromatic nitrogens is 1. The van der Waals surface area contributed by atoms with E-state index in [1.165, 1.54) is 12.1 Å². The molecule has 2 heterocycles. The van der Waals surface area contributed by atoms with Gasteiger partial charge in [-0.1, -0.05) is 18.2 Å². The highest BCUT2D eigenvalue weighted by Gasteiger charge is 2.36. The van der Waals surface area contributed by atoms with Crippen molar-refractivity contribution in [2.24, 2.45) is 11.1 Å². The van der Waals surface area contributed by atoms with Crippen LogP contribution in [0.3, 0.4) is 0 Å². The van der Waals surface area contributed by atoms with Gasteiger partial charge in [0.15, 0.2) is 0 Å². The number of hydrogen-bond acceptors (Lipinski definition) is 4. The number of pyridine rings is 1. The SMILES string of the molecule is NS(=O)(=O)c1ccc2c(c1)N(C(=O)C1Cc3ccc(-c4ccccn4)c(F)c3C1)CC2. The lowest BCUT2D eigenvalue weighted by Crippen LogP contribution is -2.35. The van der Waals surface area contributed by atoms with Crippen LogP contribution in [-0.4, -0.2) is 25.9 Å². The van der Waals surface area contributed by atoms with Crippen LogP contribution in [0.4, 0.5) is 10.1 Å². The van der Waals surface area contributed by atoms with Crippen molar-refractivity contribution >= 4 is 21.6 Å². The van der Waals surface area contributed by atoms with E-state index in [9.17, 15) is 13.2 Å². The van der Waals surface area contributed by atoms with E-state index >= 15 is 4.39 Å². The van der Waals surface area contributed by atoms with Gasteiger partial charge in [0.1, 0.15) is 5.82 Å². The normalized spacial score (nSPS) is 17.5. The molecule has 6 nitrogen and oxygen atoms in total. The van der Waals surface area contributed by atoms with E-state index in [1.54, 1.807) is 35.4 Å². The second kappa shape index (κ2) is 7.25. The number of nitrogens with two attached hydrogens (primary N) is 1. The number of carbonyl (C=O) groups is 1. The van der Waals surface area contributed by atoms with Gasteiger partial charge in [-0.3, -0.25) is 9.78 Å². The Kier molecular flexibility index (Phi) is 4.64. The van der Waals surface area contributed by atoms with Gasteiger partial charge in [0.25, 0.3) is 0 Å². The third kappa shape index (κ3) is 3.41. The highest BCUT2D eigenvalue weighted by molar-refractivity contribution is 7.89. The van der Waals surface area contributed by atoms with Gasteiger partial charge >= 0.3 is 0 Å². The van der Waals surface area contributed by atoms with Crippen LogP contribution >= 0.6 is 0 Å². The molecule has 1 unspecified atom stereocenters. The minimum Gasteiger partial charge on any atom is -0.312 e. The van der Waals surface area contributed by atoms with Crippen molar-refractivity contribution in [1.29, 1.82) is 0 Å². The summed E-state index contributed by atoms with van der Waals surface area (Å²) in [5, 5.41) is 5.25. The maximum absolute atomic E-state index is 15.3. The summed E-state index contributed by atoms with van der Waals surface area (Å²) in [5.74, 6) is -0.849. The molecule has 0 saturated heterocycles. The first-order valence-electron chi connectivity index (χ1n) is 10.0. The van der Waals surface area contributed by atoms with Crippen LogP contribution in [0.1, 0.15) is 16.7 Å². The van der Waals surface area contributed by atoms with Crippen molar-refractivity contribution in [2.75, 3.05) is 11.4 Å². The topological polar surface area (TPSA) is 93.4 Å². The Morgan fingerprint density at radius 2 is 1.90 bits per heavy atom. The fourth-order valence-electron chi connectivity index (χ4n) is 4.54. The molecule has 1 amide bonds. The Morgan fingerprint density at radius 3 is 2.65 bits per heavy atom. The van der Waals surface area contributed by atoms with E-state index in [0.717, 1.165) is 11.1 Å². The van der Waals surface area contributed by atoms with Crippen molar-refractivity contribution in [3.05, 3.63) is 77.2 Å². The van der Waals surface area contributed by atoms with Crippen molar-refractivity contribution in [3.63, 3.8) is 0 Å². The molecule has 0 radical (unpaired) electrons. The molecule has 31 heavy (non-hydrogen) atoms. The lowest BCUT2D eigenvalue weighted by molar-refractivity contribution is -0.122. The molecule has 0 bridgehead atoms. The number of rotatable bonds is 3. The smallest absolute Gasteiger partial charge is 0.238 e. The van der Waals surface area contributed by atoms with E-state index in [0.29, 0.717) is 48.3 Å². The number of nitrogens with zero attached hydrogens (tertiary/aromatic N) is 2. The average Bonchev–Trinajstić information content (AvgIpc) is 3.38. The molecule has 3 aromatic rings. The zero-order chi connectivity index (χ0) is 21.8. The number of hydrogen-bond donors (Lipinski definition) is 1. The van der Waals surface area contributed by atoms with Crippen LogP contribution in [0.25, 0.3) is 11.3 Å². The number of carbonyl (C=O) groups excluding carboxylic acids is 1. The fourth-order valence-corrected chi connectivity index (χ4v) is 5.07. The first-order valence-corrected chi connectivity index (χ1v) is 11.6. The number of sulfonamides is 1. The predicted molar refractivity (Wildman–Crippen MR) is 114 cm³/mol. The number of halogens is 1. The van der Waals surface area contributed by atoms with Gasteiger partial charge < -0.3 is 4.90 Å². The highest BCUT2D eigenvalue weighted by Crippen LogP contribution is 2.37. The Labute approximate surface area is 179 Å². The molecule has 1 atom stereocenters. The quantitative estimate of drug-likeness (QED) is 0.682. The molecule has 2 aliphatic rings. The number of anilines is 1. The van der Waals surface area contributed by atoms with E-state index in [2.05, 4.69) is 4.98 Å². The third-order valence-corrected chi connectivity index (χ3v) is 7.01. The molecule has 8 heteroatoms. The molecule has 0 spiro atoms. The summed E-state index contributed by atoms with van der Waals surface area (Å²) >= 11 is 0. The molecule has 1 aliphatic carbocycles. The zero-order valence-corrected chi connectivity index (χ0v) is 17.4. The third-order valence-electron chi connectivity index (χ3n) is 6.09. The van der Waals surface area contributed by atoms with Gasteiger partial charge in [0, 0.05) is 29.9 Å². The van der Waals surface area contributed by atoms with Crippen LogP contribution in [-0.2, 0) is 34.1 Å². The van der Waals surface area contributed by atoms with E-state index < -0.39 is 15.9 Å². The monoisotopic (exact) mass is 437 g/mol. The fraction of sp³-hybridized carbons (Fsp3) is 0.217. The Bertz CT molecular complexity index is 1310. The molecule has 0 fully saturated rings. The second-order valence-corrected chi connectivity index (χ2v) is 9.52. The predicted octanol–water partition coefficient (Wildman–Crippen LogP) is 2.84. The van der Waals surface area contributed by atoms with Crippen LogP contribution < -0.4 is 10.0 Å². The molecular weight excluding hydrogens is 417 g/mol. The summed E-state index contributed by atoms with van der Waals surface area (Å²) in [6.45, 7) is 0.469. The van der Waals surface area contributed by atoms with Gasteiger partial charge in [-0.15, -0.1) is 0 Å². The summed E-state index contributed by atoms with van der Waals surface area (Å²) < 4.78 is 38.7. The van der Waals surface area contributed by atoms with Crippen molar-refractivity contribution < 1.29 is 17.6 Å². The molecule has 2 N–H and O–H groups in total. The van der Waals surface area contributed by atoms with Gasteiger partial charge in [-0.2, -0.15) is 0 Å². The molecular formula is C23H20FN3O3S. The first kappa shape index (κ1) is 19.8. The summed E-state index contributed by atoms with van der Waals surface area (Å²) in [6, 6.07) is 13.5. The number of benzene rings is 2. The zero-order valence-electron chi connectivity index (χ0n) is 16.6. The van der Waals surface area contributed by atoms with Crippen LogP contribution in [0.2, 0.25) is 0 Å². The molecule has 158 valence electrons. The van der Waals surface area contributed by atoms with E-state index in [4.69, 9.17) is 5.14 Å². The summed E-state index contributed by atoms with van der Waals surface area (Å²) in [4.78, 5) is 19.1. The molecule has 0 saturated carbocycles. The van der Waals surface area contributed by atoms with Gasteiger partial charge in [0.2, 0.25) is 15.9 Å². The first-order chi connectivity index (χ1) is 14.8. The minimum atomic E-state index is -3.87. The maximum Gasteiger partial charge on any atom is 0.238 e. The molecule has 5 rings (SSSR count). The summed E-state index contributed by atoms with van der Waals surface area (Å²) in [6.07, 6.45) is 3.02. The van der Waals surface area contributed by atoms with E-state index in [1.807, 2.05) is 12.1 Å². The summed E-state index contributed by atoms with van der Waals surface area (Å²) in [7, 11) is -3.87. The Balaban J connectivity index is 1.43. The van der Waals surface area contributed by atoms with Crippen LogP contribution in [0.15, 0.2) is 59.6 Å². The molecule has 1 aliphatic heterocycles. The number of primary sulfonamides is 1. The van der Waals surface area contributed by atoms with E-state index in [-0.39, 0.29) is 16.6 Å². The highest BCUT2D eigenvalue weighted by atomic mass is 32.2. The van der Waals surface area contributed by atoms with Crippen molar-refractivity contribution in [1.82, 2.24) is 4.98 Å². The van der Waals surface area contributed by atoms with Crippen LogP contribution in [0.5, 0.6) is 0 Å². The Hall–Kier alpha value is -3.10. The number of fused-ring (bicyclic) bond motifs is 2. The second-order valence-electron chi connectivity index (χ2n) is 7.96. The standard InChI is InChI=1S/C23H20FN3O3S/c24-22-18(20-3-1-2-9-26-20)7-5-15-11-16(12-19(15)22)23(28)27-10-8-14-4-6-17(13-21(14)27)31(25,29)30/h1-7,9,13,16H,8,10-12H2,(H2,25,29,30). The van der Waals surface area contributed by atoms with Gasteiger partial charge in [-0.25, -0.2) is 17.9 Å². The summed E-state index contributed by atoms with van der Waals surface area (Å²) in [5.41, 5.74) is 3.84. The lowest BCUT2D eigenvalue weighted by atomic mass is 10.0. The maximum atomic E-state index is 15.3. The molecule has 2 aromatic carbocycles. The van der Waals surface area contributed by atoms with Gasteiger partial charge in [0.05, 0.1) is 10.6 Å². The number of amides is 1. The van der Waals surface area contributed by atoms with Crippen LogP contribution in [0, 0.1) is 11.7 Å². The van der Waals surface area contributed by atoms with Crippen molar-refractivity contribution in [2.45, 2.75) is 24.2 Å². The Morgan fingerprint density at radius 1 is 1.10 bits per heavy atom. The van der Waals surface area contributed by atoms with Crippen molar-refractivity contribution in [3.8, 4) is 11.3 Å². The lowest BCUT2D eigenvalue weighted by Gasteiger charge is -2.21.